The Kier molecular flexibility index (Phi) is 6.41. The lowest BCUT2D eigenvalue weighted by Crippen LogP contribution is -2.18. The molecule has 2 N–H and O–H groups in total. The van der Waals surface area contributed by atoms with Gasteiger partial charge in [0.1, 0.15) is 0 Å². The number of thiazole rings is 2. The molecule has 0 aliphatic heterocycles. The molecule has 30 heavy (non-hydrogen) atoms. The van der Waals surface area contributed by atoms with Gasteiger partial charge in [0.05, 0.1) is 27.4 Å². The van der Waals surface area contributed by atoms with Gasteiger partial charge < -0.3 is 10.6 Å². The van der Waals surface area contributed by atoms with E-state index in [4.69, 9.17) is 0 Å². The largest absolute Gasteiger partial charge is 0.301 e. The molecule has 0 unspecified atom stereocenters. The summed E-state index contributed by atoms with van der Waals surface area (Å²) in [6, 6.07) is 17.6. The standard InChI is InChI=1S/C21H18N4O2S3/c1-13-19(14-7-3-2-4-8-14)25-21(29-13)24-18(27)12-28-11-17(26)23-20-22-15-9-5-6-10-16(15)30-20/h2-10H,11-12H2,1H3,(H,22,23,26)(H,24,25,27). The summed E-state index contributed by atoms with van der Waals surface area (Å²) in [5.74, 6) is -0.00770. The molecule has 0 bridgehead atoms. The summed E-state index contributed by atoms with van der Waals surface area (Å²) in [6.45, 7) is 1.98. The maximum Gasteiger partial charge on any atom is 0.236 e. The molecule has 2 aromatic carbocycles. The van der Waals surface area contributed by atoms with Crippen molar-refractivity contribution in [1.29, 1.82) is 0 Å². The van der Waals surface area contributed by atoms with Crippen molar-refractivity contribution in [2.24, 2.45) is 0 Å². The van der Waals surface area contributed by atoms with Crippen molar-refractivity contribution in [2.75, 3.05) is 22.1 Å². The maximum absolute atomic E-state index is 12.2. The highest BCUT2D eigenvalue weighted by atomic mass is 32.2. The van der Waals surface area contributed by atoms with Gasteiger partial charge in [-0.25, -0.2) is 9.97 Å². The molecule has 152 valence electrons. The number of nitrogens with zero attached hydrogens (tertiary/aromatic N) is 2. The van der Waals surface area contributed by atoms with Crippen LogP contribution in [0.5, 0.6) is 0 Å². The predicted molar refractivity (Wildman–Crippen MR) is 126 cm³/mol. The van der Waals surface area contributed by atoms with Gasteiger partial charge in [-0.2, -0.15) is 0 Å². The van der Waals surface area contributed by atoms with Crippen molar-refractivity contribution in [3.63, 3.8) is 0 Å². The van der Waals surface area contributed by atoms with Gasteiger partial charge in [-0.05, 0) is 19.1 Å². The summed E-state index contributed by atoms with van der Waals surface area (Å²) in [6.07, 6.45) is 0. The van der Waals surface area contributed by atoms with Crippen LogP contribution in [0.4, 0.5) is 10.3 Å². The minimum absolute atomic E-state index is 0.173. The third-order valence-electron chi connectivity index (χ3n) is 4.10. The quantitative estimate of drug-likeness (QED) is 0.409. The van der Waals surface area contributed by atoms with Crippen molar-refractivity contribution in [3.8, 4) is 11.3 Å². The lowest BCUT2D eigenvalue weighted by molar-refractivity contribution is -0.114. The third-order valence-corrected chi connectivity index (χ3v) is 6.87. The number of hydrogen-bond acceptors (Lipinski definition) is 7. The molecule has 9 heteroatoms. The minimum atomic E-state index is -0.179. The van der Waals surface area contributed by atoms with Gasteiger partial charge in [-0.3, -0.25) is 9.59 Å². The van der Waals surface area contributed by atoms with Gasteiger partial charge in [-0.15, -0.1) is 23.1 Å². The van der Waals surface area contributed by atoms with E-state index in [0.717, 1.165) is 26.4 Å². The second-order valence-electron chi connectivity index (χ2n) is 6.37. The number of carbonyl (C=O) groups excluding carboxylic acids is 2. The van der Waals surface area contributed by atoms with Crippen molar-refractivity contribution >= 4 is 66.7 Å². The SMILES string of the molecule is Cc1sc(NC(=O)CSCC(=O)Nc2nc3ccccc3s2)nc1-c1ccccc1. The first-order valence-corrected chi connectivity index (χ1v) is 11.9. The van der Waals surface area contributed by atoms with Crippen LogP contribution < -0.4 is 10.6 Å². The van der Waals surface area contributed by atoms with Crippen molar-refractivity contribution in [3.05, 3.63) is 59.5 Å². The van der Waals surface area contributed by atoms with Crippen LogP contribution in [0.25, 0.3) is 21.5 Å². The Hall–Kier alpha value is -2.75. The van der Waals surface area contributed by atoms with E-state index in [2.05, 4.69) is 20.6 Å². The number of aryl methyl sites for hydroxylation is 1. The van der Waals surface area contributed by atoms with Crippen LogP contribution in [-0.4, -0.2) is 33.3 Å². The fourth-order valence-electron chi connectivity index (χ4n) is 2.79. The Balaban J connectivity index is 1.25. The predicted octanol–water partition coefficient (Wildman–Crippen LogP) is 5.04. The number of carbonyl (C=O) groups is 2. The number of hydrogen-bond donors (Lipinski definition) is 2. The summed E-state index contributed by atoms with van der Waals surface area (Å²) in [5.41, 5.74) is 2.75. The Labute approximate surface area is 185 Å². The molecule has 6 nitrogen and oxygen atoms in total. The second kappa shape index (κ2) is 9.38. The number of amides is 2. The van der Waals surface area contributed by atoms with Crippen LogP contribution in [0.3, 0.4) is 0 Å². The Morgan fingerprint density at radius 2 is 1.50 bits per heavy atom. The van der Waals surface area contributed by atoms with Crippen molar-refractivity contribution < 1.29 is 9.59 Å². The number of benzene rings is 2. The fourth-order valence-corrected chi connectivity index (χ4v) is 5.14. The summed E-state index contributed by atoms with van der Waals surface area (Å²) in [7, 11) is 0. The van der Waals surface area contributed by atoms with E-state index in [0.29, 0.717) is 10.3 Å². The highest BCUT2D eigenvalue weighted by molar-refractivity contribution is 8.00. The second-order valence-corrected chi connectivity index (χ2v) is 9.59. The number of fused-ring (bicyclic) bond motifs is 1. The zero-order valence-electron chi connectivity index (χ0n) is 16.0. The first-order valence-electron chi connectivity index (χ1n) is 9.14. The summed E-state index contributed by atoms with van der Waals surface area (Å²) < 4.78 is 1.02. The highest BCUT2D eigenvalue weighted by Crippen LogP contribution is 2.30. The molecule has 0 fully saturated rings. The van der Waals surface area contributed by atoms with Crippen LogP contribution in [-0.2, 0) is 9.59 Å². The molecule has 0 saturated carbocycles. The third kappa shape index (κ3) is 5.05. The summed E-state index contributed by atoms with van der Waals surface area (Å²) in [4.78, 5) is 34.3. The van der Waals surface area contributed by atoms with Crippen LogP contribution in [0.2, 0.25) is 0 Å². The van der Waals surface area contributed by atoms with E-state index < -0.39 is 0 Å². The monoisotopic (exact) mass is 454 g/mol. The average molecular weight is 455 g/mol. The Morgan fingerprint density at radius 3 is 2.20 bits per heavy atom. The van der Waals surface area contributed by atoms with Gasteiger partial charge >= 0.3 is 0 Å². The van der Waals surface area contributed by atoms with E-state index in [1.54, 1.807) is 0 Å². The summed E-state index contributed by atoms with van der Waals surface area (Å²) >= 11 is 4.12. The zero-order valence-corrected chi connectivity index (χ0v) is 18.5. The van der Waals surface area contributed by atoms with E-state index >= 15 is 0 Å². The number of nitrogens with one attached hydrogen (secondary N) is 2. The van der Waals surface area contributed by atoms with E-state index in [1.165, 1.54) is 34.4 Å². The molecule has 0 aliphatic rings. The van der Waals surface area contributed by atoms with Gasteiger partial charge in [0.25, 0.3) is 0 Å². The van der Waals surface area contributed by atoms with Crippen LogP contribution in [0, 0.1) is 6.92 Å². The number of rotatable bonds is 7. The first kappa shape index (κ1) is 20.5. The van der Waals surface area contributed by atoms with E-state index in [1.807, 2.05) is 61.5 Å². The molecule has 0 atom stereocenters. The van der Waals surface area contributed by atoms with Gasteiger partial charge in [-0.1, -0.05) is 53.8 Å². The number of anilines is 2. The lowest BCUT2D eigenvalue weighted by atomic mass is 10.1. The van der Waals surface area contributed by atoms with E-state index in [9.17, 15) is 9.59 Å². The van der Waals surface area contributed by atoms with Gasteiger partial charge in [0, 0.05) is 10.4 Å². The molecule has 0 radical (unpaired) electrons. The zero-order chi connectivity index (χ0) is 20.9. The first-order chi connectivity index (χ1) is 14.6. The normalized spacial score (nSPS) is 10.8. The average Bonchev–Trinajstić information content (AvgIpc) is 3.30. The maximum atomic E-state index is 12.2. The van der Waals surface area contributed by atoms with Crippen molar-refractivity contribution in [2.45, 2.75) is 6.92 Å². The minimum Gasteiger partial charge on any atom is -0.301 e. The molecule has 0 spiro atoms. The lowest BCUT2D eigenvalue weighted by Gasteiger charge is -2.02. The number of para-hydroxylation sites is 1. The van der Waals surface area contributed by atoms with Crippen LogP contribution in [0.15, 0.2) is 54.6 Å². The summed E-state index contributed by atoms with van der Waals surface area (Å²) in [5, 5.41) is 6.74. The molecule has 0 aliphatic carbocycles. The molecule has 2 amide bonds. The van der Waals surface area contributed by atoms with Gasteiger partial charge in [0.2, 0.25) is 11.8 Å². The van der Waals surface area contributed by atoms with Crippen LogP contribution >= 0.6 is 34.4 Å². The Bertz CT molecular complexity index is 1150. The molecule has 4 rings (SSSR count). The smallest absolute Gasteiger partial charge is 0.236 e. The van der Waals surface area contributed by atoms with E-state index in [-0.39, 0.29) is 23.3 Å². The molecule has 2 aromatic heterocycles. The highest BCUT2D eigenvalue weighted by Gasteiger charge is 2.13. The number of aromatic nitrogens is 2. The number of thioether (sulfide) groups is 1. The van der Waals surface area contributed by atoms with Gasteiger partial charge in [0.15, 0.2) is 10.3 Å². The fraction of sp³-hybridized carbons (Fsp3) is 0.143. The molecule has 4 aromatic rings. The Morgan fingerprint density at radius 1 is 0.867 bits per heavy atom. The van der Waals surface area contributed by atoms with Crippen LogP contribution in [0.1, 0.15) is 4.88 Å². The molecule has 0 saturated heterocycles. The topological polar surface area (TPSA) is 84.0 Å². The molecule has 2 heterocycles. The molecular weight excluding hydrogens is 436 g/mol. The van der Waals surface area contributed by atoms with Crippen molar-refractivity contribution in [1.82, 2.24) is 9.97 Å². The molecular formula is C21H18N4O2S3.